The second-order valence-corrected chi connectivity index (χ2v) is 5.33. The van der Waals surface area contributed by atoms with Gasteiger partial charge >= 0.3 is 5.97 Å². The molecule has 0 fully saturated rings. The lowest BCUT2D eigenvalue weighted by atomic mass is 10.1. The maximum atomic E-state index is 12.7. The molecule has 1 heterocycles. The summed E-state index contributed by atoms with van der Waals surface area (Å²) in [5.41, 5.74) is 3.12. The summed E-state index contributed by atoms with van der Waals surface area (Å²) in [5.74, 6) is 0.135. The number of hydrogen-bond acceptors (Lipinski definition) is 4. The van der Waals surface area contributed by atoms with Crippen LogP contribution in [0.5, 0.6) is 5.75 Å². The van der Waals surface area contributed by atoms with Gasteiger partial charge in [0.2, 0.25) is 0 Å². The normalized spacial score (nSPS) is 13.2. The van der Waals surface area contributed by atoms with Crippen LogP contribution in [0.2, 0.25) is 0 Å². The van der Waals surface area contributed by atoms with Gasteiger partial charge in [0.25, 0.3) is 5.91 Å². The Hall–Kier alpha value is -3.08. The maximum absolute atomic E-state index is 12.7. The molecule has 0 atom stereocenters. The Morgan fingerprint density at radius 3 is 2.67 bits per heavy atom. The largest absolute Gasteiger partial charge is 0.497 e. The second kappa shape index (κ2) is 6.58. The lowest BCUT2D eigenvalue weighted by Crippen LogP contribution is -2.23. The van der Waals surface area contributed by atoms with Crippen LogP contribution in [0.1, 0.15) is 21.5 Å². The van der Waals surface area contributed by atoms with Crippen molar-refractivity contribution in [2.75, 3.05) is 19.1 Å². The molecule has 0 N–H and O–H groups in total. The van der Waals surface area contributed by atoms with Crippen molar-refractivity contribution in [1.82, 2.24) is 0 Å². The topological polar surface area (TPSA) is 55.8 Å². The van der Waals surface area contributed by atoms with E-state index in [9.17, 15) is 9.59 Å². The molecule has 0 aromatic heterocycles. The lowest BCUT2D eigenvalue weighted by molar-refractivity contribution is -0.134. The number of rotatable bonds is 4. The Balaban J connectivity index is 2.01. The molecule has 2 aromatic rings. The van der Waals surface area contributed by atoms with Crippen LogP contribution in [0.4, 0.5) is 5.69 Å². The molecule has 0 unspecified atom stereocenters. The standard InChI is InChI=1S/C19H17NO4/c1-23-15-8-9-17(13(11-15)7-10-18(21)24-2)20-12-14-5-3-4-6-16(14)19(20)22/h3-11H,12H2,1-2H3/b10-7+. The third-order valence-corrected chi connectivity index (χ3v) is 3.95. The summed E-state index contributed by atoms with van der Waals surface area (Å²) in [6.07, 6.45) is 2.95. The number of carbonyl (C=O) groups is 2. The molecule has 0 saturated carbocycles. The average molecular weight is 323 g/mol. The van der Waals surface area contributed by atoms with Crippen molar-refractivity contribution in [3.63, 3.8) is 0 Å². The van der Waals surface area contributed by atoms with E-state index in [0.29, 0.717) is 23.4 Å². The van der Waals surface area contributed by atoms with Gasteiger partial charge in [-0.1, -0.05) is 18.2 Å². The van der Waals surface area contributed by atoms with E-state index in [1.165, 1.54) is 13.2 Å². The predicted molar refractivity (Wildman–Crippen MR) is 91.0 cm³/mol. The van der Waals surface area contributed by atoms with E-state index >= 15 is 0 Å². The smallest absolute Gasteiger partial charge is 0.330 e. The van der Waals surface area contributed by atoms with E-state index in [4.69, 9.17) is 4.74 Å². The Bertz CT molecular complexity index is 826. The number of anilines is 1. The van der Waals surface area contributed by atoms with Crippen molar-refractivity contribution in [1.29, 1.82) is 0 Å². The molecule has 0 radical (unpaired) electrons. The van der Waals surface area contributed by atoms with E-state index in [1.54, 1.807) is 30.2 Å². The molecule has 5 heteroatoms. The van der Waals surface area contributed by atoms with Crippen molar-refractivity contribution < 1.29 is 19.1 Å². The second-order valence-electron chi connectivity index (χ2n) is 5.33. The van der Waals surface area contributed by atoms with E-state index in [2.05, 4.69) is 4.74 Å². The summed E-state index contributed by atoms with van der Waals surface area (Å²) in [5, 5.41) is 0. The lowest BCUT2D eigenvalue weighted by Gasteiger charge is -2.19. The van der Waals surface area contributed by atoms with Crippen molar-refractivity contribution in [2.45, 2.75) is 6.54 Å². The van der Waals surface area contributed by atoms with Gasteiger partial charge in [0.1, 0.15) is 5.75 Å². The zero-order valence-electron chi connectivity index (χ0n) is 13.5. The first kappa shape index (κ1) is 15.8. The van der Waals surface area contributed by atoms with Gasteiger partial charge in [-0.3, -0.25) is 4.79 Å². The number of fused-ring (bicyclic) bond motifs is 1. The van der Waals surface area contributed by atoms with Crippen LogP contribution in [0, 0.1) is 0 Å². The van der Waals surface area contributed by atoms with Gasteiger partial charge in [-0.15, -0.1) is 0 Å². The first-order valence-corrected chi connectivity index (χ1v) is 7.48. The van der Waals surface area contributed by atoms with E-state index in [1.807, 2.05) is 30.3 Å². The Morgan fingerprint density at radius 1 is 1.17 bits per heavy atom. The number of nitrogens with zero attached hydrogens (tertiary/aromatic N) is 1. The summed E-state index contributed by atoms with van der Waals surface area (Å²) in [4.78, 5) is 25.8. The highest BCUT2D eigenvalue weighted by Gasteiger charge is 2.29. The number of carbonyl (C=O) groups excluding carboxylic acids is 2. The summed E-state index contributed by atoms with van der Waals surface area (Å²) < 4.78 is 9.87. The number of hydrogen-bond donors (Lipinski definition) is 0. The molecule has 0 saturated heterocycles. The monoisotopic (exact) mass is 323 g/mol. The average Bonchev–Trinajstić information content (AvgIpc) is 2.96. The van der Waals surface area contributed by atoms with Gasteiger partial charge in [0, 0.05) is 17.2 Å². The van der Waals surface area contributed by atoms with Crippen LogP contribution < -0.4 is 9.64 Å². The molecule has 2 aromatic carbocycles. The number of methoxy groups -OCH3 is 2. The van der Waals surface area contributed by atoms with Gasteiger partial charge in [0.15, 0.2) is 0 Å². The van der Waals surface area contributed by atoms with Gasteiger partial charge in [-0.2, -0.15) is 0 Å². The van der Waals surface area contributed by atoms with Crippen LogP contribution in [0.25, 0.3) is 6.08 Å². The van der Waals surface area contributed by atoms with Crippen LogP contribution in [-0.4, -0.2) is 26.1 Å². The molecule has 0 spiro atoms. The SMILES string of the molecule is COC(=O)/C=C/c1cc(OC)ccc1N1Cc2ccccc2C1=O. The van der Waals surface area contributed by atoms with E-state index in [0.717, 1.165) is 11.3 Å². The highest BCUT2D eigenvalue weighted by molar-refractivity contribution is 6.11. The molecule has 1 amide bonds. The molecule has 5 nitrogen and oxygen atoms in total. The minimum atomic E-state index is -0.459. The van der Waals surface area contributed by atoms with Crippen LogP contribution >= 0.6 is 0 Å². The molecule has 3 rings (SSSR count). The van der Waals surface area contributed by atoms with Gasteiger partial charge in [-0.05, 0) is 35.9 Å². The van der Waals surface area contributed by atoms with Crippen molar-refractivity contribution in [3.8, 4) is 5.75 Å². The van der Waals surface area contributed by atoms with Crippen LogP contribution in [-0.2, 0) is 16.1 Å². The summed E-state index contributed by atoms with van der Waals surface area (Å²) in [6, 6.07) is 12.9. The fourth-order valence-corrected chi connectivity index (χ4v) is 2.71. The highest BCUT2D eigenvalue weighted by atomic mass is 16.5. The fourth-order valence-electron chi connectivity index (χ4n) is 2.71. The van der Waals surface area contributed by atoms with Crippen LogP contribution in [0.15, 0.2) is 48.5 Å². The number of benzene rings is 2. The van der Waals surface area contributed by atoms with Crippen molar-refractivity contribution in [3.05, 3.63) is 65.2 Å². The molecule has 122 valence electrons. The quantitative estimate of drug-likeness (QED) is 0.641. The van der Waals surface area contributed by atoms with Gasteiger partial charge < -0.3 is 14.4 Å². The zero-order chi connectivity index (χ0) is 17.1. The molecular formula is C19H17NO4. The van der Waals surface area contributed by atoms with Crippen LogP contribution in [0.3, 0.4) is 0 Å². The summed E-state index contributed by atoms with van der Waals surface area (Å²) >= 11 is 0. The Kier molecular flexibility index (Phi) is 4.33. The Labute approximate surface area is 140 Å². The molecular weight excluding hydrogens is 306 g/mol. The van der Waals surface area contributed by atoms with Crippen molar-refractivity contribution in [2.24, 2.45) is 0 Å². The molecule has 0 bridgehead atoms. The highest BCUT2D eigenvalue weighted by Crippen LogP contribution is 2.33. The zero-order valence-corrected chi connectivity index (χ0v) is 13.5. The minimum absolute atomic E-state index is 0.0523. The predicted octanol–water partition coefficient (Wildman–Crippen LogP) is 3.04. The van der Waals surface area contributed by atoms with Gasteiger partial charge in [-0.25, -0.2) is 4.79 Å². The number of amides is 1. The number of esters is 1. The maximum Gasteiger partial charge on any atom is 0.330 e. The summed E-state index contributed by atoms with van der Waals surface area (Å²) in [6.45, 7) is 0.500. The van der Waals surface area contributed by atoms with Gasteiger partial charge in [0.05, 0.1) is 26.5 Å². The fraction of sp³-hybridized carbons (Fsp3) is 0.158. The molecule has 1 aliphatic rings. The molecule has 1 aliphatic heterocycles. The van der Waals surface area contributed by atoms with E-state index < -0.39 is 5.97 Å². The first-order chi connectivity index (χ1) is 11.6. The molecule has 24 heavy (non-hydrogen) atoms. The third-order valence-electron chi connectivity index (χ3n) is 3.95. The van der Waals surface area contributed by atoms with E-state index in [-0.39, 0.29) is 5.91 Å². The Morgan fingerprint density at radius 2 is 1.96 bits per heavy atom. The van der Waals surface area contributed by atoms with Crippen molar-refractivity contribution >= 4 is 23.6 Å². The first-order valence-electron chi connectivity index (χ1n) is 7.48. The molecule has 0 aliphatic carbocycles. The number of ether oxygens (including phenoxy) is 2. The summed E-state index contributed by atoms with van der Waals surface area (Å²) in [7, 11) is 2.89. The minimum Gasteiger partial charge on any atom is -0.497 e. The third kappa shape index (κ3) is 2.88.